The number of ether oxygens (including phenoxy) is 1. The van der Waals surface area contributed by atoms with Gasteiger partial charge in [0, 0.05) is 0 Å². The van der Waals surface area contributed by atoms with Crippen molar-refractivity contribution in [3.05, 3.63) is 9.47 Å². The van der Waals surface area contributed by atoms with Crippen molar-refractivity contribution in [1.29, 1.82) is 0 Å². The summed E-state index contributed by atoms with van der Waals surface area (Å²) in [5, 5.41) is 0. The Labute approximate surface area is 83.2 Å². The molecule has 0 saturated carbocycles. The molecule has 0 aliphatic carbocycles. The monoisotopic (exact) mass is 284 g/mol. The highest BCUT2D eigenvalue weighted by atomic mass is 79.9. The zero-order valence-corrected chi connectivity index (χ0v) is 9.61. The number of esters is 1. The van der Waals surface area contributed by atoms with Crippen LogP contribution in [0.4, 0.5) is 0 Å². The number of carbonyl (C=O) groups excluding carboxylic acids is 1. The van der Waals surface area contributed by atoms with Crippen LogP contribution in [0.5, 0.6) is 0 Å². The van der Waals surface area contributed by atoms with Gasteiger partial charge < -0.3 is 4.74 Å². The van der Waals surface area contributed by atoms with Crippen LogP contribution in [-0.2, 0) is 9.53 Å². The molecular formula is C7H10Br2O2. The van der Waals surface area contributed by atoms with E-state index in [1.54, 1.807) is 0 Å². The third kappa shape index (κ3) is 6.56. The summed E-state index contributed by atoms with van der Waals surface area (Å²) in [6.45, 7) is 1.94. The fourth-order valence-electron chi connectivity index (χ4n) is 0.620. The van der Waals surface area contributed by atoms with E-state index in [2.05, 4.69) is 36.6 Å². The first-order chi connectivity index (χ1) is 5.06. The average Bonchev–Trinajstić information content (AvgIpc) is 1.85. The molecule has 2 nitrogen and oxygen atoms in total. The molecule has 0 unspecified atom stereocenters. The molecule has 1 atom stereocenters. The zero-order chi connectivity index (χ0) is 8.85. The van der Waals surface area contributed by atoms with Crippen molar-refractivity contribution in [3.8, 4) is 0 Å². The summed E-state index contributed by atoms with van der Waals surface area (Å²) in [6, 6.07) is 0. The molecule has 0 aliphatic heterocycles. The number of methoxy groups -OCH3 is 1. The normalized spacial score (nSPS) is 12.0. The summed E-state index contributed by atoms with van der Waals surface area (Å²) >= 11 is 6.42. The topological polar surface area (TPSA) is 26.3 Å². The summed E-state index contributed by atoms with van der Waals surface area (Å²) in [7, 11) is 1.39. The van der Waals surface area contributed by atoms with Crippen LogP contribution >= 0.6 is 31.9 Å². The van der Waals surface area contributed by atoms with Crippen molar-refractivity contribution < 1.29 is 9.53 Å². The number of halogens is 2. The standard InChI is InChI=1S/C7H10Br2O2/c1-5(3-6(8)9)4-7(10)11-2/h3,5H,4H2,1-2H3/t5-/m0/s1. The lowest BCUT2D eigenvalue weighted by Gasteiger charge is -2.03. The Morgan fingerprint density at radius 3 is 2.55 bits per heavy atom. The van der Waals surface area contributed by atoms with Gasteiger partial charge in [-0.25, -0.2) is 0 Å². The summed E-state index contributed by atoms with van der Waals surface area (Å²) in [5.41, 5.74) is 0. The zero-order valence-electron chi connectivity index (χ0n) is 6.43. The van der Waals surface area contributed by atoms with Crippen molar-refractivity contribution >= 4 is 37.8 Å². The molecular weight excluding hydrogens is 276 g/mol. The molecule has 0 spiro atoms. The molecule has 11 heavy (non-hydrogen) atoms. The predicted molar refractivity (Wildman–Crippen MR) is 51.7 cm³/mol. The van der Waals surface area contributed by atoms with Crippen molar-refractivity contribution in [2.24, 2.45) is 5.92 Å². The second kappa shape index (κ2) is 5.77. The van der Waals surface area contributed by atoms with E-state index >= 15 is 0 Å². The minimum atomic E-state index is -0.185. The van der Waals surface area contributed by atoms with Crippen molar-refractivity contribution in [2.75, 3.05) is 7.11 Å². The highest BCUT2D eigenvalue weighted by Gasteiger charge is 2.05. The van der Waals surface area contributed by atoms with Gasteiger partial charge in [0.1, 0.15) is 0 Å². The van der Waals surface area contributed by atoms with Gasteiger partial charge in [-0.3, -0.25) is 4.79 Å². The van der Waals surface area contributed by atoms with Gasteiger partial charge in [0.2, 0.25) is 0 Å². The van der Waals surface area contributed by atoms with Crippen LogP contribution in [0.25, 0.3) is 0 Å². The van der Waals surface area contributed by atoms with Gasteiger partial charge in [0.25, 0.3) is 0 Å². The van der Waals surface area contributed by atoms with E-state index in [4.69, 9.17) is 0 Å². The molecule has 0 fully saturated rings. The first kappa shape index (κ1) is 11.2. The maximum absolute atomic E-state index is 10.7. The summed E-state index contributed by atoms with van der Waals surface area (Å²) in [6.07, 6.45) is 2.31. The molecule has 0 heterocycles. The number of hydrogen-bond donors (Lipinski definition) is 0. The Bertz CT molecular complexity index is 162. The molecule has 0 radical (unpaired) electrons. The van der Waals surface area contributed by atoms with Gasteiger partial charge >= 0.3 is 5.97 Å². The Hall–Kier alpha value is 0.170. The molecule has 0 N–H and O–H groups in total. The lowest BCUT2D eigenvalue weighted by atomic mass is 10.1. The Morgan fingerprint density at radius 2 is 2.18 bits per heavy atom. The quantitative estimate of drug-likeness (QED) is 0.746. The Morgan fingerprint density at radius 1 is 1.64 bits per heavy atom. The highest BCUT2D eigenvalue weighted by molar-refractivity contribution is 9.28. The lowest BCUT2D eigenvalue weighted by molar-refractivity contribution is -0.141. The Kier molecular flexibility index (Phi) is 5.86. The summed E-state index contributed by atoms with van der Waals surface area (Å²) in [4.78, 5) is 10.7. The number of rotatable bonds is 3. The van der Waals surface area contributed by atoms with Crippen LogP contribution in [0.2, 0.25) is 0 Å². The van der Waals surface area contributed by atoms with E-state index in [0.29, 0.717) is 6.42 Å². The van der Waals surface area contributed by atoms with Crippen molar-refractivity contribution in [3.63, 3.8) is 0 Å². The average molecular weight is 286 g/mol. The third-order valence-corrected chi connectivity index (χ3v) is 1.66. The van der Waals surface area contributed by atoms with Gasteiger partial charge in [-0.2, -0.15) is 0 Å². The van der Waals surface area contributed by atoms with E-state index in [0.717, 1.165) is 3.39 Å². The predicted octanol–water partition coefficient (Wildman–Crippen LogP) is 2.82. The van der Waals surface area contributed by atoms with E-state index < -0.39 is 0 Å². The molecule has 0 aromatic rings. The molecule has 64 valence electrons. The van der Waals surface area contributed by atoms with Gasteiger partial charge in [0.05, 0.1) is 16.9 Å². The van der Waals surface area contributed by atoms with Crippen LogP contribution in [-0.4, -0.2) is 13.1 Å². The minimum Gasteiger partial charge on any atom is -0.469 e. The van der Waals surface area contributed by atoms with E-state index in [1.165, 1.54) is 7.11 Å². The molecule has 0 aromatic carbocycles. The van der Waals surface area contributed by atoms with Crippen LogP contribution in [0.15, 0.2) is 9.47 Å². The van der Waals surface area contributed by atoms with Crippen molar-refractivity contribution in [1.82, 2.24) is 0 Å². The first-order valence-electron chi connectivity index (χ1n) is 3.16. The molecule has 0 bridgehead atoms. The number of allylic oxidation sites excluding steroid dienone is 1. The SMILES string of the molecule is COC(=O)C[C@@H](C)C=C(Br)Br. The van der Waals surface area contributed by atoms with Crippen LogP contribution < -0.4 is 0 Å². The fraction of sp³-hybridized carbons (Fsp3) is 0.571. The van der Waals surface area contributed by atoms with E-state index in [-0.39, 0.29) is 11.9 Å². The third-order valence-electron chi connectivity index (χ3n) is 1.13. The maximum Gasteiger partial charge on any atom is 0.306 e. The summed E-state index contributed by atoms with van der Waals surface area (Å²) < 4.78 is 5.37. The molecule has 0 rings (SSSR count). The van der Waals surface area contributed by atoms with Gasteiger partial charge in [-0.05, 0) is 37.8 Å². The lowest BCUT2D eigenvalue weighted by Crippen LogP contribution is -2.04. The first-order valence-corrected chi connectivity index (χ1v) is 4.74. The summed E-state index contributed by atoms with van der Waals surface area (Å²) in [5.74, 6) is 0.00574. The van der Waals surface area contributed by atoms with Crippen molar-refractivity contribution in [2.45, 2.75) is 13.3 Å². The highest BCUT2D eigenvalue weighted by Crippen LogP contribution is 2.17. The Balaban J connectivity index is 3.78. The molecule has 4 heteroatoms. The largest absolute Gasteiger partial charge is 0.469 e. The molecule has 0 saturated heterocycles. The van der Waals surface area contributed by atoms with Gasteiger partial charge in [0.15, 0.2) is 0 Å². The number of carbonyl (C=O) groups is 1. The minimum absolute atomic E-state index is 0.185. The van der Waals surface area contributed by atoms with Crippen LogP contribution in [0.3, 0.4) is 0 Å². The number of hydrogen-bond acceptors (Lipinski definition) is 2. The molecule has 0 amide bonds. The molecule has 0 aromatic heterocycles. The van der Waals surface area contributed by atoms with Crippen LogP contribution in [0.1, 0.15) is 13.3 Å². The maximum atomic E-state index is 10.7. The van der Waals surface area contributed by atoms with Gasteiger partial charge in [-0.15, -0.1) is 0 Å². The second-order valence-corrected chi connectivity index (χ2v) is 4.99. The van der Waals surface area contributed by atoms with Gasteiger partial charge in [-0.1, -0.05) is 13.0 Å². The fourth-order valence-corrected chi connectivity index (χ4v) is 1.52. The molecule has 0 aliphatic rings. The smallest absolute Gasteiger partial charge is 0.306 e. The van der Waals surface area contributed by atoms with E-state index in [1.807, 2.05) is 13.0 Å². The second-order valence-electron chi connectivity index (χ2n) is 2.21. The van der Waals surface area contributed by atoms with E-state index in [9.17, 15) is 4.79 Å². The van der Waals surface area contributed by atoms with Crippen LogP contribution in [0, 0.1) is 5.92 Å².